The van der Waals surface area contributed by atoms with Gasteiger partial charge in [-0.05, 0) is 18.6 Å². The Kier molecular flexibility index (Phi) is 4.02. The number of hydrogen-bond acceptors (Lipinski definition) is 5. The van der Waals surface area contributed by atoms with Crippen LogP contribution < -0.4 is 0 Å². The lowest BCUT2D eigenvalue weighted by Gasteiger charge is -2.01. The number of benzene rings is 1. The molecular formula is C17H13N3O3. The molecule has 0 atom stereocenters. The fraction of sp³-hybridized carbons (Fsp3) is 0.176. The van der Waals surface area contributed by atoms with E-state index in [0.717, 1.165) is 17.9 Å². The normalized spacial score (nSPS) is 14.4. The van der Waals surface area contributed by atoms with Gasteiger partial charge in [0, 0.05) is 23.6 Å². The van der Waals surface area contributed by atoms with E-state index in [1.807, 2.05) is 30.4 Å². The van der Waals surface area contributed by atoms with Crippen molar-refractivity contribution < 1.29 is 9.34 Å². The van der Waals surface area contributed by atoms with Crippen molar-refractivity contribution in [1.82, 2.24) is 4.98 Å². The lowest BCUT2D eigenvalue weighted by atomic mass is 10.1. The van der Waals surface area contributed by atoms with E-state index in [1.54, 1.807) is 12.1 Å². The summed E-state index contributed by atoms with van der Waals surface area (Å²) in [6.07, 6.45) is 9.41. The number of nitro groups is 1. The van der Waals surface area contributed by atoms with E-state index in [1.165, 1.54) is 6.07 Å². The van der Waals surface area contributed by atoms with Crippen molar-refractivity contribution in [3.63, 3.8) is 0 Å². The van der Waals surface area contributed by atoms with Gasteiger partial charge in [0.1, 0.15) is 11.5 Å². The number of nitriles is 1. The van der Waals surface area contributed by atoms with Gasteiger partial charge in [0.05, 0.1) is 17.4 Å². The fourth-order valence-electron chi connectivity index (χ4n) is 2.41. The van der Waals surface area contributed by atoms with Crippen LogP contribution in [0.5, 0.6) is 0 Å². The SMILES string of the molecule is N#CCc1ccc(-c2nc3c(o2)C/C=C\CC=C3)cc1[N+](=O)[O-]. The molecule has 3 rings (SSSR count). The van der Waals surface area contributed by atoms with Crippen molar-refractivity contribution in [3.05, 3.63) is 63.6 Å². The van der Waals surface area contributed by atoms with Gasteiger partial charge in [-0.1, -0.05) is 24.3 Å². The zero-order chi connectivity index (χ0) is 16.2. The van der Waals surface area contributed by atoms with Crippen LogP contribution in [0.4, 0.5) is 5.69 Å². The molecule has 6 nitrogen and oxygen atoms in total. The molecular weight excluding hydrogens is 294 g/mol. The van der Waals surface area contributed by atoms with Gasteiger partial charge in [-0.3, -0.25) is 10.1 Å². The summed E-state index contributed by atoms with van der Waals surface area (Å²) >= 11 is 0. The quantitative estimate of drug-likeness (QED) is 0.488. The summed E-state index contributed by atoms with van der Waals surface area (Å²) in [6, 6.07) is 6.61. The van der Waals surface area contributed by atoms with Gasteiger partial charge >= 0.3 is 0 Å². The third-order valence-electron chi connectivity index (χ3n) is 3.54. The van der Waals surface area contributed by atoms with Gasteiger partial charge in [-0.2, -0.15) is 5.26 Å². The van der Waals surface area contributed by atoms with Crippen molar-refractivity contribution in [2.75, 3.05) is 0 Å². The van der Waals surface area contributed by atoms with Crippen LogP contribution in [-0.4, -0.2) is 9.91 Å². The second kappa shape index (κ2) is 6.28. The molecule has 0 saturated carbocycles. The molecule has 6 heteroatoms. The highest BCUT2D eigenvalue weighted by atomic mass is 16.6. The number of aromatic nitrogens is 1. The number of oxazole rings is 1. The first-order valence-electron chi connectivity index (χ1n) is 7.15. The molecule has 1 aliphatic rings. The molecule has 2 aromatic rings. The van der Waals surface area contributed by atoms with Gasteiger partial charge in [-0.15, -0.1) is 0 Å². The second-order valence-electron chi connectivity index (χ2n) is 5.08. The number of allylic oxidation sites excluding steroid dienone is 3. The maximum Gasteiger partial charge on any atom is 0.274 e. The van der Waals surface area contributed by atoms with E-state index < -0.39 is 4.92 Å². The lowest BCUT2D eigenvalue weighted by Crippen LogP contribution is -1.95. The van der Waals surface area contributed by atoms with Crippen LogP contribution in [0.15, 0.2) is 40.8 Å². The first kappa shape index (κ1) is 14.7. The zero-order valence-electron chi connectivity index (χ0n) is 12.2. The summed E-state index contributed by atoms with van der Waals surface area (Å²) in [6.45, 7) is 0. The Morgan fingerprint density at radius 1 is 1.35 bits per heavy atom. The van der Waals surface area contributed by atoms with Crippen LogP contribution >= 0.6 is 0 Å². The van der Waals surface area contributed by atoms with Crippen LogP contribution in [-0.2, 0) is 12.8 Å². The lowest BCUT2D eigenvalue weighted by molar-refractivity contribution is -0.385. The van der Waals surface area contributed by atoms with Crippen molar-refractivity contribution in [3.8, 4) is 17.5 Å². The van der Waals surface area contributed by atoms with Crippen molar-refractivity contribution in [1.29, 1.82) is 5.26 Å². The van der Waals surface area contributed by atoms with Crippen LogP contribution in [0, 0.1) is 21.4 Å². The topological polar surface area (TPSA) is 93.0 Å². The summed E-state index contributed by atoms with van der Waals surface area (Å²) in [7, 11) is 0. The summed E-state index contributed by atoms with van der Waals surface area (Å²) in [5, 5.41) is 19.9. The molecule has 0 bridgehead atoms. The number of nitrogens with zero attached hydrogens (tertiary/aromatic N) is 3. The molecule has 114 valence electrons. The zero-order valence-corrected chi connectivity index (χ0v) is 12.2. The second-order valence-corrected chi connectivity index (χ2v) is 5.08. The highest BCUT2D eigenvalue weighted by Crippen LogP contribution is 2.29. The Bertz CT molecular complexity index is 856. The number of fused-ring (bicyclic) bond motifs is 1. The highest BCUT2D eigenvalue weighted by molar-refractivity contribution is 5.63. The molecule has 0 amide bonds. The molecule has 0 unspecified atom stereocenters. The fourth-order valence-corrected chi connectivity index (χ4v) is 2.41. The molecule has 0 saturated heterocycles. The first-order valence-corrected chi connectivity index (χ1v) is 7.15. The van der Waals surface area contributed by atoms with Gasteiger partial charge in [-0.25, -0.2) is 4.98 Å². The van der Waals surface area contributed by atoms with E-state index in [9.17, 15) is 10.1 Å². The van der Waals surface area contributed by atoms with E-state index in [0.29, 0.717) is 23.4 Å². The predicted molar refractivity (Wildman–Crippen MR) is 84.4 cm³/mol. The Balaban J connectivity index is 2.04. The average Bonchev–Trinajstić information content (AvgIpc) is 2.90. The van der Waals surface area contributed by atoms with Crippen molar-refractivity contribution in [2.45, 2.75) is 19.3 Å². The Labute approximate surface area is 132 Å². The van der Waals surface area contributed by atoms with Crippen LogP contribution in [0.25, 0.3) is 17.5 Å². The number of nitro benzene ring substituents is 1. The molecule has 1 aromatic carbocycles. The third kappa shape index (κ3) is 3.04. The molecule has 23 heavy (non-hydrogen) atoms. The Morgan fingerprint density at radius 2 is 2.22 bits per heavy atom. The van der Waals surface area contributed by atoms with E-state index in [2.05, 4.69) is 4.98 Å². The predicted octanol–water partition coefficient (Wildman–Crippen LogP) is 3.83. The van der Waals surface area contributed by atoms with E-state index in [4.69, 9.17) is 9.68 Å². The van der Waals surface area contributed by atoms with Crippen LogP contribution in [0.1, 0.15) is 23.4 Å². The molecule has 0 radical (unpaired) electrons. The van der Waals surface area contributed by atoms with E-state index >= 15 is 0 Å². The summed E-state index contributed by atoms with van der Waals surface area (Å²) in [5.41, 5.74) is 1.56. The van der Waals surface area contributed by atoms with Gasteiger partial charge in [0.25, 0.3) is 5.69 Å². The molecule has 0 aliphatic heterocycles. The van der Waals surface area contributed by atoms with Gasteiger partial charge in [0.2, 0.25) is 5.89 Å². The molecule has 0 fully saturated rings. The third-order valence-corrected chi connectivity index (χ3v) is 3.54. The molecule has 1 aromatic heterocycles. The van der Waals surface area contributed by atoms with Gasteiger partial charge in [0.15, 0.2) is 0 Å². The minimum atomic E-state index is -0.488. The average molecular weight is 307 g/mol. The molecule has 1 aliphatic carbocycles. The Morgan fingerprint density at radius 3 is 3.00 bits per heavy atom. The standard InChI is InChI=1S/C17H13N3O3/c18-10-9-12-7-8-13(11-15(12)20(21)22)17-19-14-5-3-1-2-4-6-16(14)23-17/h2-5,7-8,11H,1,6,9H2/b4-2-,5-3?. The number of rotatable bonds is 3. The largest absolute Gasteiger partial charge is 0.440 e. The maximum absolute atomic E-state index is 11.2. The molecule has 0 spiro atoms. The highest BCUT2D eigenvalue weighted by Gasteiger charge is 2.18. The van der Waals surface area contributed by atoms with Crippen LogP contribution in [0.2, 0.25) is 0 Å². The summed E-state index contributed by atoms with van der Waals surface area (Å²) in [5.74, 6) is 1.08. The smallest absolute Gasteiger partial charge is 0.274 e. The summed E-state index contributed by atoms with van der Waals surface area (Å²) < 4.78 is 5.76. The monoisotopic (exact) mass is 307 g/mol. The molecule has 1 heterocycles. The maximum atomic E-state index is 11.2. The minimum Gasteiger partial charge on any atom is -0.440 e. The van der Waals surface area contributed by atoms with Crippen molar-refractivity contribution >= 4 is 11.8 Å². The first-order chi connectivity index (χ1) is 11.2. The van der Waals surface area contributed by atoms with Crippen molar-refractivity contribution in [2.24, 2.45) is 0 Å². The summed E-state index contributed by atoms with van der Waals surface area (Å²) in [4.78, 5) is 15.1. The molecule has 0 N–H and O–H groups in total. The van der Waals surface area contributed by atoms with Crippen LogP contribution in [0.3, 0.4) is 0 Å². The number of hydrogen-bond donors (Lipinski definition) is 0. The van der Waals surface area contributed by atoms with Gasteiger partial charge < -0.3 is 4.42 Å². The Hall–Kier alpha value is -3.20. The minimum absolute atomic E-state index is 0.00773. The van der Waals surface area contributed by atoms with E-state index in [-0.39, 0.29) is 12.1 Å².